The van der Waals surface area contributed by atoms with Gasteiger partial charge in [-0.1, -0.05) is 11.6 Å². The molecule has 86 valence electrons. The van der Waals surface area contributed by atoms with E-state index >= 15 is 0 Å². The maximum absolute atomic E-state index is 10.4. The summed E-state index contributed by atoms with van der Waals surface area (Å²) in [6.07, 6.45) is 1.71. The lowest BCUT2D eigenvalue weighted by molar-refractivity contribution is -0.138. The molecule has 1 rings (SSSR count). The van der Waals surface area contributed by atoms with Crippen molar-refractivity contribution in [2.24, 2.45) is 5.73 Å². The van der Waals surface area contributed by atoms with Crippen LogP contribution in [0.3, 0.4) is 0 Å². The van der Waals surface area contributed by atoms with Gasteiger partial charge in [0, 0.05) is 23.3 Å². The first-order valence-electron chi connectivity index (χ1n) is 3.68. The first-order valence-corrected chi connectivity index (χ1v) is 4.06. The van der Waals surface area contributed by atoms with Crippen LogP contribution in [0.4, 0.5) is 0 Å². The van der Waals surface area contributed by atoms with Gasteiger partial charge in [0.1, 0.15) is 6.04 Å². The zero-order chi connectivity index (χ0) is 9.84. The standard InChI is InChI=1S/C8H9ClN2O2.2ClH/c9-5-1-2-11-6(3-5)4-7(10)8(12)13;;/h1-3,7H,4,10H2,(H,12,13);2*1H/t7-;;/m0../s1. The van der Waals surface area contributed by atoms with Gasteiger partial charge in [0.2, 0.25) is 0 Å². The Balaban J connectivity index is 0. The Morgan fingerprint density at radius 3 is 2.67 bits per heavy atom. The van der Waals surface area contributed by atoms with Gasteiger partial charge in [0.05, 0.1) is 0 Å². The number of pyridine rings is 1. The van der Waals surface area contributed by atoms with Gasteiger partial charge >= 0.3 is 5.97 Å². The molecule has 0 unspecified atom stereocenters. The van der Waals surface area contributed by atoms with Crippen molar-refractivity contribution in [2.75, 3.05) is 0 Å². The van der Waals surface area contributed by atoms with Crippen LogP contribution in [-0.2, 0) is 11.2 Å². The number of hydrogen-bond donors (Lipinski definition) is 2. The van der Waals surface area contributed by atoms with Crippen molar-refractivity contribution >= 4 is 42.4 Å². The summed E-state index contributed by atoms with van der Waals surface area (Å²) in [5.41, 5.74) is 5.90. The van der Waals surface area contributed by atoms with E-state index in [2.05, 4.69) is 4.98 Å². The molecule has 7 heteroatoms. The van der Waals surface area contributed by atoms with E-state index in [-0.39, 0.29) is 31.2 Å². The molecule has 1 heterocycles. The van der Waals surface area contributed by atoms with Crippen LogP contribution >= 0.6 is 36.4 Å². The molecule has 0 saturated carbocycles. The van der Waals surface area contributed by atoms with Crippen LogP contribution in [0.15, 0.2) is 18.3 Å². The Kier molecular flexibility index (Phi) is 8.66. The molecule has 0 radical (unpaired) electrons. The molecule has 0 amide bonds. The highest BCUT2D eigenvalue weighted by Crippen LogP contribution is 2.08. The number of nitrogens with zero attached hydrogens (tertiary/aromatic N) is 1. The minimum absolute atomic E-state index is 0. The third-order valence-corrected chi connectivity index (χ3v) is 1.76. The van der Waals surface area contributed by atoms with Gasteiger partial charge in [-0.2, -0.15) is 0 Å². The Morgan fingerprint density at radius 1 is 1.60 bits per heavy atom. The van der Waals surface area contributed by atoms with Gasteiger partial charge in [-0.05, 0) is 12.1 Å². The zero-order valence-corrected chi connectivity index (χ0v) is 9.98. The van der Waals surface area contributed by atoms with Gasteiger partial charge in [-0.3, -0.25) is 9.78 Å². The summed E-state index contributed by atoms with van der Waals surface area (Å²) < 4.78 is 0. The van der Waals surface area contributed by atoms with Gasteiger partial charge in [-0.15, -0.1) is 24.8 Å². The van der Waals surface area contributed by atoms with E-state index < -0.39 is 12.0 Å². The first kappa shape index (κ1) is 16.9. The number of nitrogens with two attached hydrogens (primary N) is 1. The number of carboxylic acids is 1. The Hall–Kier alpha value is -0.550. The molecule has 0 fully saturated rings. The molecular weight excluding hydrogens is 262 g/mol. The smallest absolute Gasteiger partial charge is 0.320 e. The molecule has 1 aromatic heterocycles. The highest BCUT2D eigenvalue weighted by molar-refractivity contribution is 6.30. The Morgan fingerprint density at radius 2 is 2.20 bits per heavy atom. The van der Waals surface area contributed by atoms with E-state index in [1.54, 1.807) is 12.1 Å². The maximum atomic E-state index is 10.4. The van der Waals surface area contributed by atoms with E-state index in [0.29, 0.717) is 10.7 Å². The molecular formula is C8H11Cl3N2O2. The second-order valence-electron chi connectivity index (χ2n) is 2.61. The summed E-state index contributed by atoms with van der Waals surface area (Å²) in [6.45, 7) is 0. The Bertz CT molecular complexity index is 323. The van der Waals surface area contributed by atoms with E-state index in [9.17, 15) is 4.79 Å². The summed E-state index contributed by atoms with van der Waals surface area (Å²) in [4.78, 5) is 14.3. The minimum Gasteiger partial charge on any atom is -0.480 e. The highest BCUT2D eigenvalue weighted by Gasteiger charge is 2.12. The average molecular weight is 274 g/mol. The summed E-state index contributed by atoms with van der Waals surface area (Å²) in [7, 11) is 0. The van der Waals surface area contributed by atoms with E-state index in [0.717, 1.165) is 0 Å². The zero-order valence-electron chi connectivity index (χ0n) is 7.59. The van der Waals surface area contributed by atoms with E-state index in [1.807, 2.05) is 0 Å². The lowest BCUT2D eigenvalue weighted by Crippen LogP contribution is -2.32. The quantitative estimate of drug-likeness (QED) is 0.876. The van der Waals surface area contributed by atoms with Gasteiger partial charge < -0.3 is 10.8 Å². The van der Waals surface area contributed by atoms with Gasteiger partial charge in [0.15, 0.2) is 0 Å². The topological polar surface area (TPSA) is 76.2 Å². The van der Waals surface area contributed by atoms with Crippen molar-refractivity contribution in [3.63, 3.8) is 0 Å². The predicted molar refractivity (Wildman–Crippen MR) is 63.1 cm³/mol. The van der Waals surface area contributed by atoms with Crippen LogP contribution in [-0.4, -0.2) is 22.1 Å². The molecule has 0 bridgehead atoms. The van der Waals surface area contributed by atoms with Crippen LogP contribution in [0.1, 0.15) is 5.69 Å². The summed E-state index contributed by atoms with van der Waals surface area (Å²) in [5, 5.41) is 9.06. The number of aromatic nitrogens is 1. The largest absolute Gasteiger partial charge is 0.480 e. The fourth-order valence-corrected chi connectivity index (χ4v) is 1.06. The fraction of sp³-hybridized carbons (Fsp3) is 0.250. The molecule has 0 spiro atoms. The van der Waals surface area contributed by atoms with Crippen molar-refractivity contribution in [3.05, 3.63) is 29.0 Å². The van der Waals surface area contributed by atoms with Gasteiger partial charge in [0.25, 0.3) is 0 Å². The second-order valence-corrected chi connectivity index (χ2v) is 3.05. The molecule has 0 aliphatic carbocycles. The third-order valence-electron chi connectivity index (χ3n) is 1.52. The second kappa shape index (κ2) is 7.70. The third kappa shape index (κ3) is 5.79. The lowest BCUT2D eigenvalue weighted by Gasteiger charge is -2.04. The van der Waals surface area contributed by atoms with E-state index in [1.165, 1.54) is 6.20 Å². The summed E-state index contributed by atoms with van der Waals surface area (Å²) in [5.74, 6) is -1.04. The van der Waals surface area contributed by atoms with Crippen LogP contribution in [0.2, 0.25) is 5.02 Å². The molecule has 1 atom stereocenters. The number of carbonyl (C=O) groups is 1. The normalized spacial score (nSPS) is 10.8. The monoisotopic (exact) mass is 272 g/mol. The molecule has 0 aliphatic rings. The first-order chi connectivity index (χ1) is 6.09. The van der Waals surface area contributed by atoms with Crippen molar-refractivity contribution in [2.45, 2.75) is 12.5 Å². The van der Waals surface area contributed by atoms with Crippen molar-refractivity contribution in [1.82, 2.24) is 4.98 Å². The number of aliphatic carboxylic acids is 1. The number of rotatable bonds is 3. The van der Waals surface area contributed by atoms with Crippen LogP contribution in [0, 0.1) is 0 Å². The molecule has 15 heavy (non-hydrogen) atoms. The number of carboxylic acid groups (broad SMARTS) is 1. The molecule has 0 aliphatic heterocycles. The summed E-state index contributed by atoms with van der Waals surface area (Å²) in [6, 6.07) is 2.30. The SMILES string of the molecule is Cl.Cl.N[C@@H](Cc1cc(Cl)ccn1)C(=O)O. The van der Waals surface area contributed by atoms with Crippen molar-refractivity contribution < 1.29 is 9.90 Å². The maximum Gasteiger partial charge on any atom is 0.320 e. The van der Waals surface area contributed by atoms with Crippen LogP contribution < -0.4 is 5.73 Å². The molecule has 0 saturated heterocycles. The predicted octanol–water partition coefficient (Wildman–Crippen LogP) is 1.53. The minimum atomic E-state index is -1.04. The van der Waals surface area contributed by atoms with Crippen molar-refractivity contribution in [3.8, 4) is 0 Å². The molecule has 1 aromatic rings. The van der Waals surface area contributed by atoms with Gasteiger partial charge in [-0.25, -0.2) is 0 Å². The average Bonchev–Trinajstić information content (AvgIpc) is 2.04. The number of hydrogen-bond acceptors (Lipinski definition) is 3. The molecule has 3 N–H and O–H groups in total. The molecule has 0 aromatic carbocycles. The lowest BCUT2D eigenvalue weighted by atomic mass is 10.1. The van der Waals surface area contributed by atoms with Crippen molar-refractivity contribution in [1.29, 1.82) is 0 Å². The van der Waals surface area contributed by atoms with Crippen LogP contribution in [0.5, 0.6) is 0 Å². The summed E-state index contributed by atoms with van der Waals surface area (Å²) >= 11 is 5.68. The number of halogens is 3. The fourth-order valence-electron chi connectivity index (χ4n) is 0.873. The van der Waals surface area contributed by atoms with E-state index in [4.69, 9.17) is 22.4 Å². The molecule has 4 nitrogen and oxygen atoms in total. The van der Waals surface area contributed by atoms with Crippen LogP contribution in [0.25, 0.3) is 0 Å². The Labute approximate surface area is 105 Å². The highest BCUT2D eigenvalue weighted by atomic mass is 35.5.